The van der Waals surface area contributed by atoms with E-state index in [0.717, 1.165) is 6.42 Å². The van der Waals surface area contributed by atoms with Crippen molar-refractivity contribution in [3.8, 4) is 0 Å². The average molecular weight is 298 g/mol. The molecule has 1 rings (SSSR count). The van der Waals surface area contributed by atoms with E-state index in [0.29, 0.717) is 10.7 Å². The molecule has 0 spiro atoms. The van der Waals surface area contributed by atoms with E-state index < -0.39 is 5.91 Å². The lowest BCUT2D eigenvalue weighted by atomic mass is 10.0. The van der Waals surface area contributed by atoms with Crippen molar-refractivity contribution in [2.24, 2.45) is 5.73 Å². The lowest BCUT2D eigenvalue weighted by Gasteiger charge is -2.24. The number of hydrogen-bond donors (Lipinski definition) is 3. The van der Waals surface area contributed by atoms with Crippen LogP contribution in [0.2, 0.25) is 5.02 Å². The topological polar surface area (TPSA) is 84.2 Å². The van der Waals surface area contributed by atoms with E-state index in [1.165, 1.54) is 6.07 Å². The first-order valence-corrected chi connectivity index (χ1v) is 6.77. The zero-order valence-corrected chi connectivity index (χ0v) is 12.7. The quantitative estimate of drug-likeness (QED) is 0.752. The van der Waals surface area contributed by atoms with Gasteiger partial charge in [-0.15, -0.1) is 0 Å². The van der Waals surface area contributed by atoms with Gasteiger partial charge in [0.2, 0.25) is 11.8 Å². The van der Waals surface area contributed by atoms with Crippen molar-refractivity contribution in [2.45, 2.75) is 32.7 Å². The highest BCUT2D eigenvalue weighted by molar-refractivity contribution is 6.33. The van der Waals surface area contributed by atoms with Gasteiger partial charge in [-0.3, -0.25) is 9.59 Å². The van der Waals surface area contributed by atoms with Crippen LogP contribution < -0.4 is 16.4 Å². The summed E-state index contributed by atoms with van der Waals surface area (Å²) in [7, 11) is 0. The van der Waals surface area contributed by atoms with Gasteiger partial charge in [0, 0.05) is 11.2 Å². The Balaban J connectivity index is 2.64. The predicted octanol–water partition coefficient (Wildman–Crippen LogP) is 2.16. The fourth-order valence-electron chi connectivity index (χ4n) is 1.52. The van der Waals surface area contributed by atoms with Gasteiger partial charge in [-0.05, 0) is 38.5 Å². The fraction of sp³-hybridized carbons (Fsp3) is 0.429. The highest BCUT2D eigenvalue weighted by Gasteiger charge is 2.17. The number of carbonyl (C=O) groups excluding carboxylic acids is 2. The zero-order valence-electron chi connectivity index (χ0n) is 11.9. The number of primary amides is 1. The molecular formula is C14H20ClN3O2. The first kappa shape index (κ1) is 16.3. The molecule has 0 heterocycles. The van der Waals surface area contributed by atoms with Gasteiger partial charge in [0.1, 0.15) is 0 Å². The van der Waals surface area contributed by atoms with Crippen LogP contribution in [0.5, 0.6) is 0 Å². The highest BCUT2D eigenvalue weighted by atomic mass is 35.5. The normalized spacial score (nSPS) is 11.0. The van der Waals surface area contributed by atoms with Gasteiger partial charge in [-0.25, -0.2) is 0 Å². The molecule has 0 atom stereocenters. The highest BCUT2D eigenvalue weighted by Crippen LogP contribution is 2.20. The molecule has 1 aromatic carbocycles. The second-order valence-corrected chi connectivity index (χ2v) is 5.61. The molecule has 0 saturated carbocycles. The van der Waals surface area contributed by atoms with E-state index >= 15 is 0 Å². The summed E-state index contributed by atoms with van der Waals surface area (Å²) >= 11 is 5.85. The minimum Gasteiger partial charge on any atom is -0.376 e. The van der Waals surface area contributed by atoms with Crippen LogP contribution in [0.4, 0.5) is 5.69 Å². The number of benzene rings is 1. The van der Waals surface area contributed by atoms with Gasteiger partial charge in [0.25, 0.3) is 0 Å². The van der Waals surface area contributed by atoms with E-state index in [9.17, 15) is 9.59 Å². The van der Waals surface area contributed by atoms with E-state index in [1.807, 2.05) is 20.8 Å². The van der Waals surface area contributed by atoms with Crippen molar-refractivity contribution in [2.75, 3.05) is 11.9 Å². The van der Waals surface area contributed by atoms with Crippen LogP contribution in [-0.4, -0.2) is 23.9 Å². The maximum atomic E-state index is 11.8. The number of amides is 2. The molecule has 0 fully saturated rings. The smallest absolute Gasteiger partial charge is 0.250 e. The molecule has 0 unspecified atom stereocenters. The van der Waals surface area contributed by atoms with Crippen molar-refractivity contribution in [3.63, 3.8) is 0 Å². The van der Waals surface area contributed by atoms with Gasteiger partial charge in [0.15, 0.2) is 0 Å². The van der Waals surface area contributed by atoms with Crippen LogP contribution in [0, 0.1) is 0 Å². The van der Waals surface area contributed by atoms with Crippen molar-refractivity contribution < 1.29 is 9.59 Å². The minimum atomic E-state index is -0.602. The first-order chi connectivity index (χ1) is 9.25. The van der Waals surface area contributed by atoms with Gasteiger partial charge in [-0.2, -0.15) is 0 Å². The summed E-state index contributed by atoms with van der Waals surface area (Å²) in [5, 5.41) is 6.13. The standard InChI is InChI=1S/C14H20ClN3O2/c1-4-14(2,3)18-12(19)8-17-9-5-6-11(15)10(7-9)13(16)20/h5-7,17H,4,8H2,1-3H3,(H2,16,20)(H,18,19). The monoisotopic (exact) mass is 297 g/mol. The van der Waals surface area contributed by atoms with Crippen LogP contribution in [0.25, 0.3) is 0 Å². The largest absolute Gasteiger partial charge is 0.376 e. The third kappa shape index (κ3) is 4.74. The molecule has 0 saturated heterocycles. The lowest BCUT2D eigenvalue weighted by Crippen LogP contribution is -2.45. The summed E-state index contributed by atoms with van der Waals surface area (Å²) < 4.78 is 0. The Hall–Kier alpha value is -1.75. The van der Waals surface area contributed by atoms with Gasteiger partial charge in [0.05, 0.1) is 17.1 Å². The number of carbonyl (C=O) groups is 2. The third-order valence-corrected chi connectivity index (χ3v) is 3.38. The Morgan fingerprint density at radius 3 is 2.55 bits per heavy atom. The van der Waals surface area contributed by atoms with Crippen LogP contribution in [0.3, 0.4) is 0 Å². The Kier molecular flexibility index (Phi) is 5.39. The molecule has 4 N–H and O–H groups in total. The number of rotatable bonds is 6. The number of halogens is 1. The molecule has 2 amide bonds. The molecular weight excluding hydrogens is 278 g/mol. The van der Waals surface area contributed by atoms with Crippen molar-refractivity contribution in [1.82, 2.24) is 5.32 Å². The number of nitrogens with one attached hydrogen (secondary N) is 2. The van der Waals surface area contributed by atoms with Crippen molar-refractivity contribution in [1.29, 1.82) is 0 Å². The molecule has 0 bridgehead atoms. The zero-order chi connectivity index (χ0) is 15.3. The van der Waals surface area contributed by atoms with Crippen LogP contribution in [-0.2, 0) is 4.79 Å². The van der Waals surface area contributed by atoms with Gasteiger partial charge < -0.3 is 16.4 Å². The van der Waals surface area contributed by atoms with E-state index in [-0.39, 0.29) is 23.6 Å². The molecule has 0 aliphatic heterocycles. The summed E-state index contributed by atoms with van der Waals surface area (Å²) in [5.41, 5.74) is 5.82. The molecule has 5 nitrogen and oxygen atoms in total. The molecule has 1 aromatic rings. The summed E-state index contributed by atoms with van der Waals surface area (Å²) in [6.07, 6.45) is 0.839. The number of hydrogen-bond acceptors (Lipinski definition) is 3. The van der Waals surface area contributed by atoms with Crippen LogP contribution in [0.1, 0.15) is 37.6 Å². The maximum Gasteiger partial charge on any atom is 0.250 e. The summed E-state index contributed by atoms with van der Waals surface area (Å²) in [6, 6.07) is 4.79. The second-order valence-electron chi connectivity index (χ2n) is 5.20. The number of anilines is 1. The van der Waals surface area contributed by atoms with Crippen molar-refractivity contribution in [3.05, 3.63) is 28.8 Å². The SMILES string of the molecule is CCC(C)(C)NC(=O)CNc1ccc(Cl)c(C(N)=O)c1. The molecule has 0 aliphatic rings. The van der Waals surface area contributed by atoms with E-state index in [4.69, 9.17) is 17.3 Å². The number of nitrogens with two attached hydrogens (primary N) is 1. The van der Waals surface area contributed by atoms with Gasteiger partial charge in [-0.1, -0.05) is 18.5 Å². The van der Waals surface area contributed by atoms with E-state index in [1.54, 1.807) is 12.1 Å². The van der Waals surface area contributed by atoms with Crippen LogP contribution >= 0.6 is 11.6 Å². The average Bonchev–Trinajstić information content (AvgIpc) is 2.37. The summed E-state index contributed by atoms with van der Waals surface area (Å²) in [4.78, 5) is 23.0. The summed E-state index contributed by atoms with van der Waals surface area (Å²) in [6.45, 7) is 6.03. The minimum absolute atomic E-state index is 0.114. The third-order valence-electron chi connectivity index (χ3n) is 3.05. The van der Waals surface area contributed by atoms with E-state index in [2.05, 4.69) is 10.6 Å². The Labute approximate surface area is 123 Å². The van der Waals surface area contributed by atoms with Gasteiger partial charge >= 0.3 is 0 Å². The van der Waals surface area contributed by atoms with Crippen LogP contribution in [0.15, 0.2) is 18.2 Å². The molecule has 6 heteroatoms. The lowest BCUT2D eigenvalue weighted by molar-refractivity contribution is -0.121. The Morgan fingerprint density at radius 1 is 1.35 bits per heavy atom. The van der Waals surface area contributed by atoms with Crippen molar-refractivity contribution >= 4 is 29.1 Å². The molecule has 0 aliphatic carbocycles. The fourth-order valence-corrected chi connectivity index (χ4v) is 1.73. The molecule has 20 heavy (non-hydrogen) atoms. The molecule has 0 aromatic heterocycles. The molecule has 0 radical (unpaired) electrons. The Morgan fingerprint density at radius 2 is 2.00 bits per heavy atom. The maximum absolute atomic E-state index is 11.8. The Bertz CT molecular complexity index is 515. The summed E-state index contributed by atoms with van der Waals surface area (Å²) in [5.74, 6) is -0.720. The molecule has 110 valence electrons. The second kappa shape index (κ2) is 6.61. The first-order valence-electron chi connectivity index (χ1n) is 6.39. The predicted molar refractivity (Wildman–Crippen MR) is 81.0 cm³/mol.